The highest BCUT2D eigenvalue weighted by molar-refractivity contribution is 5.92. The molecule has 0 radical (unpaired) electrons. The summed E-state index contributed by atoms with van der Waals surface area (Å²) < 4.78 is 5.18. The lowest BCUT2D eigenvalue weighted by molar-refractivity contribution is -0.130. The predicted molar refractivity (Wildman–Crippen MR) is 71.4 cm³/mol. The summed E-state index contributed by atoms with van der Waals surface area (Å²) in [6.45, 7) is 6.07. The van der Waals surface area contributed by atoms with Gasteiger partial charge in [0, 0.05) is 39.2 Å². The van der Waals surface area contributed by atoms with Crippen LogP contribution in [0.2, 0.25) is 0 Å². The summed E-state index contributed by atoms with van der Waals surface area (Å²) in [5, 5.41) is 7.72. The van der Waals surface area contributed by atoms with Crippen molar-refractivity contribution < 1.29 is 14.3 Å². The maximum absolute atomic E-state index is 12.2. The average Bonchev–Trinajstić information content (AvgIpc) is 2.48. The second kappa shape index (κ2) is 6.31. The molecule has 0 bridgehead atoms. The van der Waals surface area contributed by atoms with E-state index in [1.54, 1.807) is 21.9 Å². The van der Waals surface area contributed by atoms with E-state index in [4.69, 9.17) is 4.74 Å². The summed E-state index contributed by atoms with van der Waals surface area (Å²) in [6, 6.07) is 3.24. The number of nitrogens with zero attached hydrogens (tertiary/aromatic N) is 4. The topological polar surface area (TPSA) is 75.6 Å². The van der Waals surface area contributed by atoms with Crippen LogP contribution in [0.1, 0.15) is 24.3 Å². The van der Waals surface area contributed by atoms with Crippen molar-refractivity contribution >= 4 is 11.8 Å². The van der Waals surface area contributed by atoms with Crippen LogP contribution in [0.15, 0.2) is 12.1 Å². The molecule has 0 unspecified atom stereocenters. The van der Waals surface area contributed by atoms with Gasteiger partial charge < -0.3 is 14.5 Å². The Hall–Kier alpha value is -2.18. The fourth-order valence-corrected chi connectivity index (χ4v) is 2.05. The smallest absolute Gasteiger partial charge is 0.274 e. The third kappa shape index (κ3) is 3.23. The van der Waals surface area contributed by atoms with Crippen LogP contribution >= 0.6 is 0 Å². The number of piperazine rings is 1. The van der Waals surface area contributed by atoms with Gasteiger partial charge in [0.15, 0.2) is 5.69 Å². The molecule has 0 N–H and O–H groups in total. The molecule has 1 aliphatic rings. The summed E-state index contributed by atoms with van der Waals surface area (Å²) in [5.74, 6) is 0.284. The van der Waals surface area contributed by atoms with E-state index in [0.717, 1.165) is 0 Å². The lowest BCUT2D eigenvalue weighted by Gasteiger charge is -2.33. The van der Waals surface area contributed by atoms with Crippen molar-refractivity contribution in [3.8, 4) is 5.88 Å². The molecule has 0 aromatic carbocycles. The minimum absolute atomic E-state index is 0.0398. The maximum Gasteiger partial charge on any atom is 0.274 e. The fourth-order valence-electron chi connectivity index (χ4n) is 2.05. The summed E-state index contributed by atoms with van der Waals surface area (Å²) in [6.07, 6.45) is 0. The minimum Gasteiger partial charge on any atom is -0.477 e. The molecular formula is C13H18N4O3. The largest absolute Gasteiger partial charge is 0.477 e. The quantitative estimate of drug-likeness (QED) is 0.788. The number of hydrogen-bond donors (Lipinski definition) is 0. The van der Waals surface area contributed by atoms with Crippen LogP contribution in [0.25, 0.3) is 0 Å². The normalized spacial score (nSPS) is 15.1. The van der Waals surface area contributed by atoms with Gasteiger partial charge in [-0.3, -0.25) is 9.59 Å². The molecule has 7 heteroatoms. The minimum atomic E-state index is -0.163. The fraction of sp³-hybridized carbons (Fsp3) is 0.538. The monoisotopic (exact) mass is 278 g/mol. The van der Waals surface area contributed by atoms with Crippen molar-refractivity contribution in [2.75, 3.05) is 32.8 Å². The Kier molecular flexibility index (Phi) is 4.49. The molecule has 2 rings (SSSR count). The standard InChI is InChI=1S/C13H18N4O3/c1-3-20-12-5-4-11(14-15-12)13(19)17-8-6-16(7-9-17)10(2)18/h4-5H,3,6-9H2,1-2H3. The first-order valence-corrected chi connectivity index (χ1v) is 6.63. The first-order valence-electron chi connectivity index (χ1n) is 6.63. The van der Waals surface area contributed by atoms with Crippen LogP contribution in [0.4, 0.5) is 0 Å². The molecule has 1 aliphatic heterocycles. The van der Waals surface area contributed by atoms with E-state index < -0.39 is 0 Å². The van der Waals surface area contributed by atoms with Crippen molar-refractivity contribution in [1.29, 1.82) is 0 Å². The van der Waals surface area contributed by atoms with Gasteiger partial charge in [-0.05, 0) is 13.0 Å². The van der Waals surface area contributed by atoms with E-state index in [2.05, 4.69) is 10.2 Å². The van der Waals surface area contributed by atoms with Crippen LogP contribution < -0.4 is 4.74 Å². The Labute approximate surface area is 117 Å². The van der Waals surface area contributed by atoms with Gasteiger partial charge in [-0.15, -0.1) is 10.2 Å². The van der Waals surface area contributed by atoms with Gasteiger partial charge in [0.1, 0.15) is 0 Å². The SMILES string of the molecule is CCOc1ccc(C(=O)N2CCN(C(C)=O)CC2)nn1. The van der Waals surface area contributed by atoms with Crippen LogP contribution in [0.5, 0.6) is 5.88 Å². The first-order chi connectivity index (χ1) is 9.61. The highest BCUT2D eigenvalue weighted by Gasteiger charge is 2.24. The Morgan fingerprint density at radius 1 is 1.15 bits per heavy atom. The number of ether oxygens (including phenoxy) is 1. The maximum atomic E-state index is 12.2. The molecule has 0 atom stereocenters. The summed E-state index contributed by atoms with van der Waals surface area (Å²) >= 11 is 0. The summed E-state index contributed by atoms with van der Waals surface area (Å²) in [5.41, 5.74) is 0.296. The second-order valence-corrected chi connectivity index (χ2v) is 4.49. The number of carbonyl (C=O) groups excluding carboxylic acids is 2. The molecule has 1 aromatic heterocycles. The van der Waals surface area contributed by atoms with E-state index in [1.165, 1.54) is 6.92 Å². The molecule has 2 heterocycles. The van der Waals surface area contributed by atoms with E-state index in [-0.39, 0.29) is 11.8 Å². The third-order valence-corrected chi connectivity index (χ3v) is 3.16. The second-order valence-electron chi connectivity index (χ2n) is 4.49. The molecule has 0 spiro atoms. The molecule has 1 saturated heterocycles. The van der Waals surface area contributed by atoms with Gasteiger partial charge in [0.05, 0.1) is 6.61 Å². The van der Waals surface area contributed by atoms with E-state index in [1.807, 2.05) is 6.92 Å². The molecule has 1 aromatic rings. The number of amides is 2. The average molecular weight is 278 g/mol. The molecule has 2 amide bonds. The van der Waals surface area contributed by atoms with Crippen molar-refractivity contribution in [3.63, 3.8) is 0 Å². The van der Waals surface area contributed by atoms with E-state index in [9.17, 15) is 9.59 Å². The van der Waals surface area contributed by atoms with Crippen molar-refractivity contribution in [3.05, 3.63) is 17.8 Å². The van der Waals surface area contributed by atoms with Gasteiger partial charge in [0.25, 0.3) is 5.91 Å². The zero-order valence-corrected chi connectivity index (χ0v) is 11.7. The van der Waals surface area contributed by atoms with Gasteiger partial charge >= 0.3 is 0 Å². The Bertz CT molecular complexity index is 481. The lowest BCUT2D eigenvalue weighted by Crippen LogP contribution is -2.50. The van der Waals surface area contributed by atoms with Crippen molar-refractivity contribution in [1.82, 2.24) is 20.0 Å². The molecule has 0 saturated carbocycles. The molecule has 1 fully saturated rings. The zero-order valence-electron chi connectivity index (χ0n) is 11.7. The van der Waals surface area contributed by atoms with Crippen LogP contribution in [-0.4, -0.2) is 64.6 Å². The first kappa shape index (κ1) is 14.2. The highest BCUT2D eigenvalue weighted by Crippen LogP contribution is 2.09. The Morgan fingerprint density at radius 2 is 1.80 bits per heavy atom. The van der Waals surface area contributed by atoms with Crippen LogP contribution in [-0.2, 0) is 4.79 Å². The van der Waals surface area contributed by atoms with Crippen molar-refractivity contribution in [2.45, 2.75) is 13.8 Å². The zero-order chi connectivity index (χ0) is 14.5. The molecule has 7 nitrogen and oxygen atoms in total. The Morgan fingerprint density at radius 3 is 2.30 bits per heavy atom. The van der Waals surface area contributed by atoms with Gasteiger partial charge in [0.2, 0.25) is 11.8 Å². The van der Waals surface area contributed by atoms with Crippen LogP contribution in [0, 0.1) is 0 Å². The van der Waals surface area contributed by atoms with Crippen LogP contribution in [0.3, 0.4) is 0 Å². The number of aromatic nitrogens is 2. The molecule has 108 valence electrons. The predicted octanol–water partition coefficient (Wildman–Crippen LogP) is 0.180. The molecule has 0 aliphatic carbocycles. The van der Waals surface area contributed by atoms with Crippen molar-refractivity contribution in [2.24, 2.45) is 0 Å². The Balaban J connectivity index is 1.96. The van der Waals surface area contributed by atoms with Gasteiger partial charge in [-0.2, -0.15) is 0 Å². The van der Waals surface area contributed by atoms with Gasteiger partial charge in [-0.1, -0.05) is 0 Å². The lowest BCUT2D eigenvalue weighted by atomic mass is 10.2. The number of rotatable bonds is 3. The highest BCUT2D eigenvalue weighted by atomic mass is 16.5. The van der Waals surface area contributed by atoms with E-state index >= 15 is 0 Å². The third-order valence-electron chi connectivity index (χ3n) is 3.16. The number of hydrogen-bond acceptors (Lipinski definition) is 5. The molecular weight excluding hydrogens is 260 g/mol. The summed E-state index contributed by atoms with van der Waals surface area (Å²) in [7, 11) is 0. The number of carbonyl (C=O) groups is 2. The van der Waals surface area contributed by atoms with Gasteiger partial charge in [-0.25, -0.2) is 0 Å². The summed E-state index contributed by atoms with van der Waals surface area (Å²) in [4.78, 5) is 26.9. The molecule has 20 heavy (non-hydrogen) atoms. The van der Waals surface area contributed by atoms with E-state index in [0.29, 0.717) is 44.4 Å².